The number of rotatable bonds is 4. The van der Waals surface area contributed by atoms with Crippen molar-refractivity contribution in [1.82, 2.24) is 0 Å². The smallest absolute Gasteiger partial charge is 0.272 e. The van der Waals surface area contributed by atoms with E-state index < -0.39 is 22.0 Å². The molecule has 1 rings (SSSR count). The molecule has 4 nitrogen and oxygen atoms in total. The maximum absolute atomic E-state index is 10.9. The van der Waals surface area contributed by atoms with Crippen LogP contribution in [0.15, 0.2) is 30.3 Å². The van der Waals surface area contributed by atoms with Crippen molar-refractivity contribution in [2.45, 2.75) is 11.7 Å². The minimum Gasteiger partial charge on any atom is -0.285 e. The third kappa shape index (κ3) is 2.80. The molecule has 77 valence electrons. The highest BCUT2D eigenvalue weighted by molar-refractivity contribution is 7.86. The topological polar surface area (TPSA) is 74.3 Å². The maximum atomic E-state index is 10.9. The summed E-state index contributed by atoms with van der Waals surface area (Å²) in [6.45, 7) is -0.528. The van der Waals surface area contributed by atoms with Crippen LogP contribution in [0.3, 0.4) is 0 Å². The van der Waals surface area contributed by atoms with E-state index >= 15 is 0 Å². The first kappa shape index (κ1) is 11.2. The lowest BCUT2D eigenvalue weighted by molar-refractivity contribution is 0.186. The van der Waals surface area contributed by atoms with E-state index in [1.807, 2.05) is 0 Å². The fourth-order valence-corrected chi connectivity index (χ4v) is 2.16. The van der Waals surface area contributed by atoms with E-state index in [2.05, 4.69) is 0 Å². The molecule has 0 spiro atoms. The van der Waals surface area contributed by atoms with Crippen LogP contribution in [0.2, 0.25) is 0 Å². The molecular formula is C9H11O4S. The Bertz CT molecular complexity index is 371. The molecule has 1 atom stereocenters. The molecule has 14 heavy (non-hydrogen) atoms. The molecule has 0 heterocycles. The highest BCUT2D eigenvalue weighted by Gasteiger charge is 2.24. The maximum Gasteiger partial charge on any atom is 0.272 e. The van der Waals surface area contributed by atoms with Gasteiger partial charge in [-0.3, -0.25) is 4.55 Å². The predicted octanol–water partition coefficient (Wildman–Crippen LogP) is 1.44. The molecule has 1 aromatic rings. The molecule has 1 aromatic carbocycles. The predicted molar refractivity (Wildman–Crippen MR) is 50.9 cm³/mol. The summed E-state index contributed by atoms with van der Waals surface area (Å²) in [5, 5.41) is 9.29. The van der Waals surface area contributed by atoms with Crippen molar-refractivity contribution in [2.24, 2.45) is 0 Å². The van der Waals surface area contributed by atoms with Crippen LogP contribution in [0.25, 0.3) is 0 Å². The summed E-state index contributed by atoms with van der Waals surface area (Å²) >= 11 is 0. The molecule has 1 radical (unpaired) electrons. The van der Waals surface area contributed by atoms with Crippen LogP contribution in [0.4, 0.5) is 0 Å². The second-order valence-corrected chi connectivity index (χ2v) is 4.51. The average molecular weight is 215 g/mol. The summed E-state index contributed by atoms with van der Waals surface area (Å²) in [5.74, 6) is 0. The fourth-order valence-electron chi connectivity index (χ4n) is 1.26. The standard InChI is InChI=1S/C9H11O4S/c10-7-6-9(14(11,12)13)8-4-2-1-3-5-8/h1-5,9H,6-7H2,(H,11,12,13). The SMILES string of the molecule is [O]CCC(c1ccccc1)S(=O)(=O)O. The first-order valence-corrected chi connectivity index (χ1v) is 5.65. The largest absolute Gasteiger partial charge is 0.285 e. The van der Waals surface area contributed by atoms with E-state index in [0.29, 0.717) is 5.56 Å². The summed E-state index contributed by atoms with van der Waals surface area (Å²) in [7, 11) is -4.18. The molecule has 0 aliphatic carbocycles. The van der Waals surface area contributed by atoms with Gasteiger partial charge in [-0.2, -0.15) is 8.42 Å². The molecular weight excluding hydrogens is 204 g/mol. The van der Waals surface area contributed by atoms with Crippen molar-refractivity contribution in [3.8, 4) is 0 Å². The van der Waals surface area contributed by atoms with Crippen molar-refractivity contribution in [1.29, 1.82) is 0 Å². The minimum absolute atomic E-state index is 0.108. The van der Waals surface area contributed by atoms with Crippen LogP contribution in [-0.4, -0.2) is 19.6 Å². The molecule has 0 saturated heterocycles. The Hall–Kier alpha value is -0.910. The van der Waals surface area contributed by atoms with Gasteiger partial charge in [-0.25, -0.2) is 5.11 Å². The van der Waals surface area contributed by atoms with Crippen LogP contribution in [0.1, 0.15) is 17.2 Å². The van der Waals surface area contributed by atoms with Crippen LogP contribution >= 0.6 is 0 Å². The summed E-state index contributed by atoms with van der Waals surface area (Å²) < 4.78 is 30.8. The summed E-state index contributed by atoms with van der Waals surface area (Å²) in [6, 6.07) is 8.22. The van der Waals surface area contributed by atoms with Gasteiger partial charge < -0.3 is 0 Å². The molecule has 0 aromatic heterocycles. The van der Waals surface area contributed by atoms with E-state index in [1.165, 1.54) is 0 Å². The first-order valence-electron chi connectivity index (χ1n) is 4.15. The van der Waals surface area contributed by atoms with Crippen molar-refractivity contribution < 1.29 is 18.1 Å². The minimum atomic E-state index is -4.18. The molecule has 5 heteroatoms. The summed E-state index contributed by atoms with van der Waals surface area (Å²) in [6.07, 6.45) is -0.108. The second-order valence-electron chi connectivity index (χ2n) is 2.91. The summed E-state index contributed by atoms with van der Waals surface area (Å²) in [5.41, 5.74) is 0.450. The van der Waals surface area contributed by atoms with E-state index in [1.54, 1.807) is 30.3 Å². The zero-order valence-electron chi connectivity index (χ0n) is 7.46. The Labute approximate surface area is 82.9 Å². The monoisotopic (exact) mass is 215 g/mol. The number of hydrogen-bond acceptors (Lipinski definition) is 2. The molecule has 0 amide bonds. The highest BCUT2D eigenvalue weighted by Crippen LogP contribution is 2.24. The van der Waals surface area contributed by atoms with Gasteiger partial charge in [-0.15, -0.1) is 0 Å². The lowest BCUT2D eigenvalue weighted by atomic mass is 10.1. The quantitative estimate of drug-likeness (QED) is 0.772. The normalized spacial score (nSPS) is 13.9. The third-order valence-corrected chi connectivity index (χ3v) is 3.14. The Morgan fingerprint density at radius 3 is 2.21 bits per heavy atom. The average Bonchev–Trinajstić information content (AvgIpc) is 2.14. The zero-order valence-corrected chi connectivity index (χ0v) is 8.28. The van der Waals surface area contributed by atoms with Crippen molar-refractivity contribution >= 4 is 10.1 Å². The van der Waals surface area contributed by atoms with Crippen molar-refractivity contribution in [3.63, 3.8) is 0 Å². The highest BCUT2D eigenvalue weighted by atomic mass is 32.2. The molecule has 0 bridgehead atoms. The Balaban J connectivity index is 3.02. The van der Waals surface area contributed by atoms with E-state index in [0.717, 1.165) is 0 Å². The molecule has 0 aliphatic rings. The Morgan fingerprint density at radius 1 is 1.21 bits per heavy atom. The van der Waals surface area contributed by atoms with E-state index in [-0.39, 0.29) is 6.42 Å². The molecule has 1 unspecified atom stereocenters. The molecule has 0 aliphatic heterocycles. The van der Waals surface area contributed by atoms with Crippen LogP contribution in [0.5, 0.6) is 0 Å². The van der Waals surface area contributed by atoms with Crippen molar-refractivity contribution in [3.05, 3.63) is 35.9 Å². The van der Waals surface area contributed by atoms with Gasteiger partial charge in [0.25, 0.3) is 10.1 Å². The molecule has 0 saturated carbocycles. The van der Waals surface area contributed by atoms with Gasteiger partial charge in [-0.05, 0) is 12.0 Å². The zero-order chi connectivity index (χ0) is 10.6. The Morgan fingerprint density at radius 2 is 1.79 bits per heavy atom. The van der Waals surface area contributed by atoms with Gasteiger partial charge in [0, 0.05) is 0 Å². The van der Waals surface area contributed by atoms with Crippen LogP contribution in [-0.2, 0) is 15.2 Å². The van der Waals surface area contributed by atoms with Gasteiger partial charge in [0.2, 0.25) is 0 Å². The van der Waals surface area contributed by atoms with Gasteiger partial charge in [-0.1, -0.05) is 30.3 Å². The van der Waals surface area contributed by atoms with Crippen LogP contribution < -0.4 is 0 Å². The van der Waals surface area contributed by atoms with E-state index in [9.17, 15) is 13.5 Å². The van der Waals surface area contributed by atoms with Gasteiger partial charge >= 0.3 is 0 Å². The van der Waals surface area contributed by atoms with Gasteiger partial charge in [0.1, 0.15) is 5.25 Å². The lowest BCUT2D eigenvalue weighted by Gasteiger charge is -2.11. The lowest BCUT2D eigenvalue weighted by Crippen LogP contribution is -2.13. The Kier molecular flexibility index (Phi) is 3.62. The van der Waals surface area contributed by atoms with Crippen molar-refractivity contribution in [2.75, 3.05) is 6.61 Å². The summed E-state index contributed by atoms with van der Waals surface area (Å²) in [4.78, 5) is 0. The third-order valence-electron chi connectivity index (χ3n) is 1.91. The van der Waals surface area contributed by atoms with Gasteiger partial charge in [0.15, 0.2) is 0 Å². The van der Waals surface area contributed by atoms with Crippen LogP contribution in [0, 0.1) is 0 Å². The molecule has 1 N–H and O–H groups in total. The number of benzene rings is 1. The second kappa shape index (κ2) is 4.54. The van der Waals surface area contributed by atoms with Gasteiger partial charge in [0.05, 0.1) is 6.61 Å². The molecule has 0 fully saturated rings. The van der Waals surface area contributed by atoms with E-state index in [4.69, 9.17) is 4.55 Å². The fraction of sp³-hybridized carbons (Fsp3) is 0.333. The first-order chi connectivity index (χ1) is 6.55. The number of hydrogen-bond donors (Lipinski definition) is 1.